The molecule has 1 aliphatic carbocycles. The molecule has 2 N–H and O–H groups in total. The van der Waals surface area contributed by atoms with Crippen molar-refractivity contribution in [1.29, 1.82) is 0 Å². The van der Waals surface area contributed by atoms with Gasteiger partial charge in [-0.25, -0.2) is 8.42 Å². The van der Waals surface area contributed by atoms with Crippen LogP contribution < -0.4 is 10.6 Å². The number of carbonyl (C=O) groups is 2. The smallest absolute Gasteiger partial charge is 0.238 e. The molecule has 1 atom stereocenters. The topological polar surface area (TPSA) is 92.3 Å². The fraction of sp³-hybridized carbons (Fsp3) is 0.529. The van der Waals surface area contributed by atoms with Crippen LogP contribution in [0.25, 0.3) is 0 Å². The van der Waals surface area contributed by atoms with Crippen molar-refractivity contribution in [3.63, 3.8) is 0 Å². The molecule has 1 aliphatic rings. The van der Waals surface area contributed by atoms with Crippen molar-refractivity contribution in [3.05, 3.63) is 24.3 Å². The summed E-state index contributed by atoms with van der Waals surface area (Å²) in [5.41, 5.74) is 0.515. The Morgan fingerprint density at radius 1 is 1.08 bits per heavy atom. The molecular weight excluding hydrogens is 328 g/mol. The van der Waals surface area contributed by atoms with Gasteiger partial charge in [-0.2, -0.15) is 0 Å². The van der Waals surface area contributed by atoms with Crippen molar-refractivity contribution >= 4 is 27.3 Å². The van der Waals surface area contributed by atoms with Crippen LogP contribution in [0.3, 0.4) is 0 Å². The third kappa shape index (κ3) is 4.56. The zero-order valence-corrected chi connectivity index (χ0v) is 14.9. The Hall–Kier alpha value is -1.89. The summed E-state index contributed by atoms with van der Waals surface area (Å²) in [5.74, 6) is -0.682. The summed E-state index contributed by atoms with van der Waals surface area (Å²) >= 11 is 0. The average Bonchev–Trinajstić information content (AvgIpc) is 2.55. The second-order valence-electron chi connectivity index (χ2n) is 6.24. The molecule has 24 heavy (non-hydrogen) atoms. The van der Waals surface area contributed by atoms with Crippen LogP contribution in [0.2, 0.25) is 0 Å². The third-order valence-corrected chi connectivity index (χ3v) is 6.36. The Morgan fingerprint density at radius 3 is 2.21 bits per heavy atom. The van der Waals surface area contributed by atoms with Gasteiger partial charge >= 0.3 is 0 Å². The summed E-state index contributed by atoms with van der Waals surface area (Å²) in [6.07, 6.45) is 5.11. The standard InChI is InChI=1S/C17H24N2O4S/c1-12(17(21)19-14-6-4-3-5-7-14)24(22,23)16-10-8-15(9-11-16)18-13(2)20/h8-12,14H,3-7H2,1-2H3,(H,18,20)(H,19,21). The van der Waals surface area contributed by atoms with Gasteiger partial charge in [0.15, 0.2) is 9.84 Å². The summed E-state index contributed by atoms with van der Waals surface area (Å²) in [7, 11) is -3.76. The third-order valence-electron chi connectivity index (χ3n) is 4.29. The number of anilines is 1. The predicted octanol–water partition coefficient (Wildman–Crippen LogP) is 2.26. The Morgan fingerprint density at radius 2 is 1.67 bits per heavy atom. The zero-order chi connectivity index (χ0) is 17.7. The van der Waals surface area contributed by atoms with E-state index in [1.54, 1.807) is 0 Å². The molecule has 1 saturated carbocycles. The molecule has 2 amide bonds. The van der Waals surface area contributed by atoms with Crippen LogP contribution >= 0.6 is 0 Å². The second-order valence-corrected chi connectivity index (χ2v) is 8.50. The van der Waals surface area contributed by atoms with Crippen LogP contribution in [0, 0.1) is 0 Å². The Balaban J connectivity index is 2.07. The molecule has 0 radical (unpaired) electrons. The average molecular weight is 352 g/mol. The first-order valence-corrected chi connectivity index (χ1v) is 9.77. The van der Waals surface area contributed by atoms with Crippen molar-refractivity contribution in [2.24, 2.45) is 0 Å². The molecule has 0 bridgehead atoms. The molecule has 132 valence electrons. The highest BCUT2D eigenvalue weighted by molar-refractivity contribution is 7.92. The van der Waals surface area contributed by atoms with E-state index in [4.69, 9.17) is 0 Å². The van der Waals surface area contributed by atoms with Gasteiger partial charge in [-0.15, -0.1) is 0 Å². The monoisotopic (exact) mass is 352 g/mol. The van der Waals surface area contributed by atoms with Crippen molar-refractivity contribution < 1.29 is 18.0 Å². The lowest BCUT2D eigenvalue weighted by atomic mass is 9.95. The largest absolute Gasteiger partial charge is 0.352 e. The molecule has 0 aliphatic heterocycles. The lowest BCUT2D eigenvalue weighted by molar-refractivity contribution is -0.121. The molecule has 7 heteroatoms. The fourth-order valence-electron chi connectivity index (χ4n) is 2.84. The van der Waals surface area contributed by atoms with Gasteiger partial charge < -0.3 is 10.6 Å². The molecular formula is C17H24N2O4S. The van der Waals surface area contributed by atoms with E-state index in [0.717, 1.165) is 25.7 Å². The van der Waals surface area contributed by atoms with E-state index in [0.29, 0.717) is 5.69 Å². The first-order valence-electron chi connectivity index (χ1n) is 8.22. The number of carbonyl (C=O) groups excluding carboxylic acids is 2. The number of rotatable bonds is 5. The van der Waals surface area contributed by atoms with Crippen LogP contribution in [0.1, 0.15) is 46.0 Å². The van der Waals surface area contributed by atoms with Gasteiger partial charge in [-0.1, -0.05) is 19.3 Å². The normalized spacial score (nSPS) is 17.1. The molecule has 1 unspecified atom stereocenters. The van der Waals surface area contributed by atoms with E-state index >= 15 is 0 Å². The van der Waals surface area contributed by atoms with Crippen molar-refractivity contribution in [1.82, 2.24) is 5.32 Å². The first kappa shape index (κ1) is 18.4. The summed E-state index contributed by atoms with van der Waals surface area (Å²) < 4.78 is 25.2. The Bertz CT molecular complexity index is 692. The molecule has 1 fully saturated rings. The number of nitrogens with one attached hydrogen (secondary N) is 2. The van der Waals surface area contributed by atoms with Gasteiger partial charge in [0.05, 0.1) is 4.90 Å². The molecule has 0 aromatic heterocycles. The van der Waals surface area contributed by atoms with E-state index in [9.17, 15) is 18.0 Å². The molecule has 2 rings (SSSR count). The first-order chi connectivity index (χ1) is 11.3. The molecule has 0 saturated heterocycles. The minimum atomic E-state index is -3.76. The van der Waals surface area contributed by atoms with Gasteiger partial charge in [0.2, 0.25) is 11.8 Å². The lowest BCUT2D eigenvalue weighted by Crippen LogP contribution is -2.44. The second kappa shape index (κ2) is 7.79. The summed E-state index contributed by atoms with van der Waals surface area (Å²) in [6.45, 7) is 2.79. The fourth-order valence-corrected chi connectivity index (χ4v) is 4.12. The summed E-state index contributed by atoms with van der Waals surface area (Å²) in [4.78, 5) is 23.4. The van der Waals surface area contributed by atoms with Crippen LogP contribution in [0.4, 0.5) is 5.69 Å². The highest BCUT2D eigenvalue weighted by Gasteiger charge is 2.31. The quantitative estimate of drug-likeness (QED) is 0.850. The van der Waals surface area contributed by atoms with Gasteiger partial charge in [0.25, 0.3) is 0 Å². The molecule has 0 heterocycles. The minimum absolute atomic E-state index is 0.0721. The van der Waals surface area contributed by atoms with E-state index in [1.807, 2.05) is 0 Å². The number of hydrogen-bond acceptors (Lipinski definition) is 4. The van der Waals surface area contributed by atoms with Gasteiger partial charge in [-0.05, 0) is 44.0 Å². The maximum Gasteiger partial charge on any atom is 0.238 e. The zero-order valence-electron chi connectivity index (χ0n) is 14.0. The Kier molecular flexibility index (Phi) is 5.99. The summed E-state index contributed by atoms with van der Waals surface area (Å²) in [6, 6.07) is 5.92. The highest BCUT2D eigenvalue weighted by Crippen LogP contribution is 2.21. The van der Waals surface area contributed by atoms with Crippen LogP contribution in [-0.4, -0.2) is 31.5 Å². The van der Waals surface area contributed by atoms with Crippen molar-refractivity contribution in [2.75, 3.05) is 5.32 Å². The van der Waals surface area contributed by atoms with Crippen LogP contribution in [0.5, 0.6) is 0 Å². The number of sulfone groups is 1. The van der Waals surface area contributed by atoms with E-state index in [-0.39, 0.29) is 16.8 Å². The van der Waals surface area contributed by atoms with Gasteiger partial charge in [-0.3, -0.25) is 9.59 Å². The molecule has 6 nitrogen and oxygen atoms in total. The van der Waals surface area contributed by atoms with Crippen LogP contribution in [0.15, 0.2) is 29.2 Å². The minimum Gasteiger partial charge on any atom is -0.352 e. The molecule has 0 spiro atoms. The van der Waals surface area contributed by atoms with Gasteiger partial charge in [0.1, 0.15) is 5.25 Å². The SMILES string of the molecule is CC(=O)Nc1ccc(S(=O)(=O)C(C)C(=O)NC2CCCCC2)cc1. The van der Waals surface area contributed by atoms with Gasteiger partial charge in [0, 0.05) is 18.7 Å². The van der Waals surface area contributed by atoms with E-state index < -0.39 is 21.0 Å². The highest BCUT2D eigenvalue weighted by atomic mass is 32.2. The van der Waals surface area contributed by atoms with Crippen molar-refractivity contribution in [3.8, 4) is 0 Å². The molecule has 1 aromatic rings. The van der Waals surface area contributed by atoms with E-state index in [1.165, 1.54) is 44.5 Å². The number of amides is 2. The molecule has 1 aromatic carbocycles. The Labute approximate surface area is 142 Å². The van der Waals surface area contributed by atoms with E-state index in [2.05, 4.69) is 10.6 Å². The maximum absolute atomic E-state index is 12.6. The number of hydrogen-bond donors (Lipinski definition) is 2. The number of benzene rings is 1. The maximum atomic E-state index is 12.6. The predicted molar refractivity (Wildman–Crippen MR) is 92.4 cm³/mol. The lowest BCUT2D eigenvalue weighted by Gasteiger charge is -2.24. The van der Waals surface area contributed by atoms with Crippen molar-refractivity contribution in [2.45, 2.75) is 62.1 Å². The van der Waals surface area contributed by atoms with Crippen LogP contribution in [-0.2, 0) is 19.4 Å². The summed E-state index contributed by atoms with van der Waals surface area (Å²) in [5, 5.41) is 4.29.